The monoisotopic (exact) mass is 289 g/mol. The third-order valence-corrected chi connectivity index (χ3v) is 2.59. The normalized spacial score (nSPS) is 9.65. The molecule has 5 heteroatoms. The van der Waals surface area contributed by atoms with Crippen LogP contribution in [0.3, 0.4) is 0 Å². The first kappa shape index (κ1) is 11.4. The minimum atomic E-state index is 0.434. The molecule has 2 aromatic rings. The van der Waals surface area contributed by atoms with Crippen molar-refractivity contribution in [2.75, 3.05) is 5.73 Å². The summed E-state index contributed by atoms with van der Waals surface area (Å²) in [6, 6.07) is 10.5. The number of rotatable bonds is 2. The summed E-state index contributed by atoms with van der Waals surface area (Å²) in [5.74, 6) is 1.05. The Morgan fingerprint density at radius 3 is 2.59 bits per heavy atom. The highest BCUT2D eigenvalue weighted by Gasteiger charge is 2.04. The first-order chi connectivity index (χ1) is 8.19. The lowest BCUT2D eigenvalue weighted by molar-refractivity contribution is 0.460. The van der Waals surface area contributed by atoms with E-state index in [0.29, 0.717) is 27.4 Å². The lowest BCUT2D eigenvalue weighted by Crippen LogP contribution is -1.92. The van der Waals surface area contributed by atoms with Gasteiger partial charge < -0.3 is 10.5 Å². The maximum absolute atomic E-state index is 8.67. The van der Waals surface area contributed by atoms with Crippen molar-refractivity contribution in [1.82, 2.24) is 4.98 Å². The lowest BCUT2D eigenvalue weighted by atomic mass is 10.2. The van der Waals surface area contributed by atoms with Crippen LogP contribution in [0.1, 0.15) is 5.56 Å². The zero-order chi connectivity index (χ0) is 12.3. The van der Waals surface area contributed by atoms with Gasteiger partial charge in [-0.25, -0.2) is 4.98 Å². The second-order valence-electron chi connectivity index (χ2n) is 3.29. The van der Waals surface area contributed by atoms with E-state index in [-0.39, 0.29) is 0 Å². The fourth-order valence-corrected chi connectivity index (χ4v) is 1.67. The second kappa shape index (κ2) is 4.85. The van der Waals surface area contributed by atoms with Gasteiger partial charge in [0.15, 0.2) is 0 Å². The van der Waals surface area contributed by atoms with Gasteiger partial charge in [0.05, 0.1) is 28.0 Å². The maximum atomic E-state index is 8.67. The molecule has 0 fully saturated rings. The van der Waals surface area contributed by atoms with Gasteiger partial charge in [0.25, 0.3) is 0 Å². The summed E-state index contributed by atoms with van der Waals surface area (Å²) in [6.07, 6.45) is 1.52. The zero-order valence-electron chi connectivity index (χ0n) is 8.72. The second-order valence-corrected chi connectivity index (χ2v) is 4.15. The minimum Gasteiger partial charge on any atom is -0.438 e. The number of nitrogens with two attached hydrogens (primary N) is 1. The molecule has 1 aromatic carbocycles. The summed E-state index contributed by atoms with van der Waals surface area (Å²) in [5, 5.41) is 8.67. The van der Waals surface area contributed by atoms with Crippen molar-refractivity contribution in [3.8, 4) is 17.7 Å². The molecule has 0 bridgehead atoms. The molecular formula is C12H8BrN3O. The summed E-state index contributed by atoms with van der Waals surface area (Å²) >= 11 is 3.31. The molecule has 2 N–H and O–H groups in total. The molecule has 0 spiro atoms. The summed E-state index contributed by atoms with van der Waals surface area (Å²) in [4.78, 5) is 4.06. The molecular weight excluding hydrogens is 282 g/mol. The number of nitriles is 1. The number of anilines is 1. The van der Waals surface area contributed by atoms with E-state index in [2.05, 4.69) is 20.9 Å². The molecule has 0 radical (unpaired) electrons. The Morgan fingerprint density at radius 1 is 1.29 bits per heavy atom. The van der Waals surface area contributed by atoms with Crippen LogP contribution >= 0.6 is 15.9 Å². The van der Waals surface area contributed by atoms with Crippen LogP contribution in [-0.4, -0.2) is 4.98 Å². The average Bonchev–Trinajstić information content (AvgIpc) is 2.34. The van der Waals surface area contributed by atoms with Crippen LogP contribution in [0, 0.1) is 11.3 Å². The van der Waals surface area contributed by atoms with E-state index < -0.39 is 0 Å². The molecule has 0 saturated heterocycles. The van der Waals surface area contributed by atoms with Crippen LogP contribution in [0.2, 0.25) is 0 Å². The molecule has 1 aromatic heterocycles. The first-order valence-electron chi connectivity index (χ1n) is 4.78. The standard InChI is InChI=1S/C12H8BrN3O/c13-11-5-9(15)7-16-12(11)17-10-3-1-8(6-14)2-4-10/h1-5,7H,15H2. The predicted octanol–water partition coefficient (Wildman–Crippen LogP) is 3.09. The number of hydrogen-bond donors (Lipinski definition) is 1. The van der Waals surface area contributed by atoms with Crippen LogP contribution in [0.4, 0.5) is 5.69 Å². The number of halogens is 1. The highest BCUT2D eigenvalue weighted by Crippen LogP contribution is 2.28. The molecule has 0 unspecified atom stereocenters. The number of ether oxygens (including phenoxy) is 1. The van der Waals surface area contributed by atoms with Gasteiger partial charge >= 0.3 is 0 Å². The number of nitrogen functional groups attached to an aromatic ring is 1. The molecule has 1 heterocycles. The Balaban J connectivity index is 2.23. The summed E-state index contributed by atoms with van der Waals surface area (Å²) in [7, 11) is 0. The van der Waals surface area contributed by atoms with Crippen molar-refractivity contribution in [3.05, 3.63) is 46.6 Å². The third-order valence-electron chi connectivity index (χ3n) is 2.03. The van der Waals surface area contributed by atoms with Crippen molar-refractivity contribution in [2.24, 2.45) is 0 Å². The zero-order valence-corrected chi connectivity index (χ0v) is 10.3. The molecule has 0 saturated carbocycles. The topological polar surface area (TPSA) is 71.9 Å². The number of pyridine rings is 1. The average molecular weight is 290 g/mol. The number of nitrogens with zero attached hydrogens (tertiary/aromatic N) is 2. The largest absolute Gasteiger partial charge is 0.438 e. The fraction of sp³-hybridized carbons (Fsp3) is 0. The van der Waals surface area contributed by atoms with Gasteiger partial charge in [-0.15, -0.1) is 0 Å². The molecule has 2 rings (SSSR count). The van der Waals surface area contributed by atoms with Gasteiger partial charge in [-0.1, -0.05) is 0 Å². The van der Waals surface area contributed by atoms with Crippen molar-refractivity contribution >= 4 is 21.6 Å². The quantitative estimate of drug-likeness (QED) is 0.922. The van der Waals surface area contributed by atoms with Gasteiger partial charge in [0.1, 0.15) is 5.75 Å². The molecule has 4 nitrogen and oxygen atoms in total. The van der Waals surface area contributed by atoms with E-state index >= 15 is 0 Å². The highest BCUT2D eigenvalue weighted by atomic mass is 79.9. The van der Waals surface area contributed by atoms with E-state index in [1.165, 1.54) is 6.20 Å². The number of aromatic nitrogens is 1. The highest BCUT2D eigenvalue weighted by molar-refractivity contribution is 9.10. The molecule has 0 amide bonds. The van der Waals surface area contributed by atoms with E-state index in [1.54, 1.807) is 30.3 Å². The number of benzene rings is 1. The van der Waals surface area contributed by atoms with E-state index in [4.69, 9.17) is 15.7 Å². The van der Waals surface area contributed by atoms with E-state index in [1.807, 2.05) is 6.07 Å². The molecule has 17 heavy (non-hydrogen) atoms. The molecule has 0 aliphatic rings. The van der Waals surface area contributed by atoms with Gasteiger partial charge in [-0.05, 0) is 46.3 Å². The van der Waals surface area contributed by atoms with Crippen LogP contribution in [0.15, 0.2) is 41.0 Å². The molecule has 0 atom stereocenters. The minimum absolute atomic E-state index is 0.434. The maximum Gasteiger partial charge on any atom is 0.233 e. The summed E-state index contributed by atoms with van der Waals surface area (Å²) < 4.78 is 6.22. The van der Waals surface area contributed by atoms with Crippen LogP contribution in [0.25, 0.3) is 0 Å². The lowest BCUT2D eigenvalue weighted by Gasteiger charge is -2.06. The molecule has 0 aliphatic carbocycles. The molecule has 0 aliphatic heterocycles. The van der Waals surface area contributed by atoms with Crippen LogP contribution in [-0.2, 0) is 0 Å². The fourth-order valence-electron chi connectivity index (χ4n) is 1.22. The van der Waals surface area contributed by atoms with Gasteiger partial charge in [-0.3, -0.25) is 0 Å². The van der Waals surface area contributed by atoms with Crippen LogP contribution < -0.4 is 10.5 Å². The van der Waals surface area contributed by atoms with E-state index in [9.17, 15) is 0 Å². The Morgan fingerprint density at radius 2 is 2.00 bits per heavy atom. The summed E-state index contributed by atoms with van der Waals surface area (Å²) in [6.45, 7) is 0. The van der Waals surface area contributed by atoms with Crippen molar-refractivity contribution < 1.29 is 4.74 Å². The van der Waals surface area contributed by atoms with Gasteiger partial charge in [-0.2, -0.15) is 5.26 Å². The van der Waals surface area contributed by atoms with Crippen LogP contribution in [0.5, 0.6) is 11.6 Å². The SMILES string of the molecule is N#Cc1ccc(Oc2ncc(N)cc2Br)cc1. The smallest absolute Gasteiger partial charge is 0.233 e. The van der Waals surface area contributed by atoms with Crippen molar-refractivity contribution in [3.63, 3.8) is 0 Å². The van der Waals surface area contributed by atoms with Gasteiger partial charge in [0.2, 0.25) is 5.88 Å². The molecule has 84 valence electrons. The predicted molar refractivity (Wildman–Crippen MR) is 67.6 cm³/mol. The van der Waals surface area contributed by atoms with Crippen molar-refractivity contribution in [2.45, 2.75) is 0 Å². The Hall–Kier alpha value is -2.06. The Kier molecular flexibility index (Phi) is 3.26. The van der Waals surface area contributed by atoms with E-state index in [0.717, 1.165) is 0 Å². The Labute approximate surface area is 107 Å². The summed E-state index contributed by atoms with van der Waals surface area (Å²) in [5.41, 5.74) is 6.72. The Bertz CT molecular complexity index is 575. The third kappa shape index (κ3) is 2.74. The van der Waals surface area contributed by atoms with Gasteiger partial charge in [0, 0.05) is 0 Å². The number of hydrogen-bond acceptors (Lipinski definition) is 4. The first-order valence-corrected chi connectivity index (χ1v) is 5.57. The van der Waals surface area contributed by atoms with Crippen molar-refractivity contribution in [1.29, 1.82) is 5.26 Å².